The minimum atomic E-state index is -3.40. The summed E-state index contributed by atoms with van der Waals surface area (Å²) < 4.78 is 25.6. The zero-order chi connectivity index (χ0) is 11.5. The predicted molar refractivity (Wildman–Crippen MR) is 59.4 cm³/mol. The third-order valence-corrected chi connectivity index (χ3v) is 3.45. The van der Waals surface area contributed by atoms with Crippen LogP contribution in [0.3, 0.4) is 0 Å². The molecule has 0 aliphatic heterocycles. The number of aromatic nitrogens is 1. The van der Waals surface area contributed by atoms with Crippen molar-refractivity contribution >= 4 is 15.8 Å². The van der Waals surface area contributed by atoms with E-state index in [1.54, 1.807) is 20.0 Å². The van der Waals surface area contributed by atoms with Gasteiger partial charge in [0, 0.05) is 19.8 Å². The van der Waals surface area contributed by atoms with E-state index in [0.717, 1.165) is 5.56 Å². The molecule has 5 nitrogen and oxygen atoms in total. The number of anilines is 1. The minimum Gasteiger partial charge on any atom is -0.373 e. The first-order chi connectivity index (χ1) is 7.01. The molecular formula is C9H15N3O2S. The second-order valence-electron chi connectivity index (χ2n) is 3.09. The Hall–Kier alpha value is -1.14. The maximum Gasteiger partial charge on any atom is 0.242 e. The average Bonchev–Trinajstić information content (AvgIpc) is 2.17. The molecule has 1 heterocycles. The standard InChI is InChI=1S/C9H15N3O2S/c1-4-12-15(13,14)8-5-7(2)9(10-3)11-6-8/h5-6,12H,4H2,1-3H3,(H,10,11). The van der Waals surface area contributed by atoms with Gasteiger partial charge in [-0.3, -0.25) is 0 Å². The molecule has 84 valence electrons. The molecule has 15 heavy (non-hydrogen) atoms. The Morgan fingerprint density at radius 1 is 1.47 bits per heavy atom. The fraction of sp³-hybridized carbons (Fsp3) is 0.444. The predicted octanol–water partition coefficient (Wildman–Crippen LogP) is 0.730. The van der Waals surface area contributed by atoms with Crippen molar-refractivity contribution < 1.29 is 8.42 Å². The minimum absolute atomic E-state index is 0.195. The molecule has 0 atom stereocenters. The van der Waals surface area contributed by atoms with Gasteiger partial charge in [-0.05, 0) is 18.6 Å². The van der Waals surface area contributed by atoms with E-state index in [1.807, 2.05) is 6.92 Å². The molecule has 6 heteroatoms. The highest BCUT2D eigenvalue weighted by molar-refractivity contribution is 7.89. The third-order valence-electron chi connectivity index (χ3n) is 1.93. The van der Waals surface area contributed by atoms with E-state index in [9.17, 15) is 8.42 Å². The van der Waals surface area contributed by atoms with Gasteiger partial charge in [-0.25, -0.2) is 18.1 Å². The van der Waals surface area contributed by atoms with E-state index in [-0.39, 0.29) is 4.90 Å². The van der Waals surface area contributed by atoms with Crippen molar-refractivity contribution in [2.45, 2.75) is 18.7 Å². The molecule has 0 bridgehead atoms. The van der Waals surface area contributed by atoms with Crippen LogP contribution in [0.5, 0.6) is 0 Å². The van der Waals surface area contributed by atoms with Gasteiger partial charge in [0.05, 0.1) is 0 Å². The second-order valence-corrected chi connectivity index (χ2v) is 4.85. The van der Waals surface area contributed by atoms with Gasteiger partial charge >= 0.3 is 0 Å². The first kappa shape index (κ1) is 11.9. The second kappa shape index (κ2) is 4.59. The van der Waals surface area contributed by atoms with E-state index < -0.39 is 10.0 Å². The molecule has 1 aromatic heterocycles. The summed E-state index contributed by atoms with van der Waals surface area (Å²) in [5, 5.41) is 2.88. The number of aryl methyl sites for hydroxylation is 1. The van der Waals surface area contributed by atoms with Crippen LogP contribution in [0.15, 0.2) is 17.2 Å². The van der Waals surface area contributed by atoms with Gasteiger partial charge in [0.15, 0.2) is 0 Å². The highest BCUT2D eigenvalue weighted by Gasteiger charge is 2.13. The van der Waals surface area contributed by atoms with Gasteiger partial charge in [-0.15, -0.1) is 0 Å². The van der Waals surface area contributed by atoms with Crippen LogP contribution in [0.2, 0.25) is 0 Å². The highest BCUT2D eigenvalue weighted by Crippen LogP contribution is 2.15. The van der Waals surface area contributed by atoms with Crippen LogP contribution < -0.4 is 10.0 Å². The van der Waals surface area contributed by atoms with E-state index in [2.05, 4.69) is 15.0 Å². The van der Waals surface area contributed by atoms with E-state index in [1.165, 1.54) is 6.20 Å². The van der Waals surface area contributed by atoms with Crippen molar-refractivity contribution in [2.24, 2.45) is 0 Å². The lowest BCUT2D eigenvalue weighted by molar-refractivity contribution is 0.583. The van der Waals surface area contributed by atoms with Crippen molar-refractivity contribution in [3.8, 4) is 0 Å². The van der Waals surface area contributed by atoms with Crippen LogP contribution in [0.4, 0.5) is 5.82 Å². The van der Waals surface area contributed by atoms with Crippen LogP contribution in [0, 0.1) is 6.92 Å². The van der Waals surface area contributed by atoms with Crippen molar-refractivity contribution in [3.05, 3.63) is 17.8 Å². The Labute approximate surface area is 90.0 Å². The summed E-state index contributed by atoms with van der Waals surface area (Å²) in [5.41, 5.74) is 0.802. The molecule has 0 fully saturated rings. The summed E-state index contributed by atoms with van der Waals surface area (Å²) in [4.78, 5) is 4.21. The molecule has 0 unspecified atom stereocenters. The van der Waals surface area contributed by atoms with Crippen LogP contribution in [-0.4, -0.2) is 27.0 Å². The van der Waals surface area contributed by atoms with E-state index in [4.69, 9.17) is 0 Å². The summed E-state index contributed by atoms with van der Waals surface area (Å²) in [5.74, 6) is 0.686. The zero-order valence-electron chi connectivity index (χ0n) is 9.03. The SMILES string of the molecule is CCNS(=O)(=O)c1cnc(NC)c(C)c1. The quantitative estimate of drug-likeness (QED) is 0.798. The Kier molecular flexibility index (Phi) is 3.65. The molecule has 1 rings (SSSR count). The number of rotatable bonds is 4. The maximum absolute atomic E-state index is 11.6. The van der Waals surface area contributed by atoms with Gasteiger partial charge in [0.25, 0.3) is 0 Å². The Morgan fingerprint density at radius 2 is 2.13 bits per heavy atom. The number of sulfonamides is 1. The molecule has 0 spiro atoms. The van der Waals surface area contributed by atoms with Crippen LogP contribution in [-0.2, 0) is 10.0 Å². The molecule has 0 aliphatic carbocycles. The molecule has 0 saturated carbocycles. The summed E-state index contributed by atoms with van der Waals surface area (Å²) >= 11 is 0. The van der Waals surface area contributed by atoms with Crippen LogP contribution >= 0.6 is 0 Å². The fourth-order valence-electron chi connectivity index (χ4n) is 1.23. The maximum atomic E-state index is 11.6. The largest absolute Gasteiger partial charge is 0.373 e. The van der Waals surface area contributed by atoms with Crippen molar-refractivity contribution in [1.29, 1.82) is 0 Å². The van der Waals surface area contributed by atoms with Crippen molar-refractivity contribution in [1.82, 2.24) is 9.71 Å². The molecule has 0 amide bonds. The molecule has 1 aromatic rings. The van der Waals surface area contributed by atoms with Crippen LogP contribution in [0.1, 0.15) is 12.5 Å². The molecular weight excluding hydrogens is 214 g/mol. The average molecular weight is 229 g/mol. The van der Waals surface area contributed by atoms with Gasteiger partial charge < -0.3 is 5.32 Å². The molecule has 0 aliphatic rings. The van der Waals surface area contributed by atoms with Gasteiger partial charge in [-0.1, -0.05) is 6.92 Å². The number of nitrogens with zero attached hydrogens (tertiary/aromatic N) is 1. The fourth-order valence-corrected chi connectivity index (χ4v) is 2.30. The first-order valence-corrected chi connectivity index (χ1v) is 6.13. The van der Waals surface area contributed by atoms with Gasteiger partial charge in [0.2, 0.25) is 10.0 Å². The molecule has 0 saturated heterocycles. The van der Waals surface area contributed by atoms with Crippen molar-refractivity contribution in [3.63, 3.8) is 0 Å². The molecule has 0 aromatic carbocycles. The summed E-state index contributed by atoms with van der Waals surface area (Å²) in [7, 11) is -1.65. The van der Waals surface area contributed by atoms with Crippen molar-refractivity contribution in [2.75, 3.05) is 18.9 Å². The number of nitrogens with one attached hydrogen (secondary N) is 2. The highest BCUT2D eigenvalue weighted by atomic mass is 32.2. The molecule has 2 N–H and O–H groups in total. The normalized spacial score (nSPS) is 11.4. The van der Waals surface area contributed by atoms with Gasteiger partial charge in [-0.2, -0.15) is 0 Å². The number of pyridine rings is 1. The summed E-state index contributed by atoms with van der Waals surface area (Å²) in [6.45, 7) is 3.92. The van der Waals surface area contributed by atoms with E-state index >= 15 is 0 Å². The molecule has 0 radical (unpaired) electrons. The lowest BCUT2D eigenvalue weighted by Gasteiger charge is -2.07. The smallest absolute Gasteiger partial charge is 0.242 e. The Balaban J connectivity index is 3.13. The lowest BCUT2D eigenvalue weighted by Crippen LogP contribution is -2.23. The third kappa shape index (κ3) is 2.66. The Bertz CT molecular complexity index is 443. The summed E-state index contributed by atoms with van der Waals surface area (Å²) in [6.07, 6.45) is 1.34. The topological polar surface area (TPSA) is 71.1 Å². The Morgan fingerprint density at radius 3 is 2.60 bits per heavy atom. The first-order valence-electron chi connectivity index (χ1n) is 4.65. The summed E-state index contributed by atoms with van der Waals surface area (Å²) in [6, 6.07) is 1.59. The number of hydrogen-bond acceptors (Lipinski definition) is 4. The zero-order valence-corrected chi connectivity index (χ0v) is 9.85. The monoisotopic (exact) mass is 229 g/mol. The van der Waals surface area contributed by atoms with Crippen LogP contribution in [0.25, 0.3) is 0 Å². The van der Waals surface area contributed by atoms with Gasteiger partial charge in [0.1, 0.15) is 10.7 Å². The van der Waals surface area contributed by atoms with E-state index in [0.29, 0.717) is 12.4 Å². The number of hydrogen-bond donors (Lipinski definition) is 2. The lowest BCUT2D eigenvalue weighted by atomic mass is 10.3.